The molecule has 9 heterocycles. The Morgan fingerprint density at radius 2 is 1.04 bits per heavy atom. The van der Waals surface area contributed by atoms with Gasteiger partial charge in [0, 0.05) is 55.7 Å². The highest BCUT2D eigenvalue weighted by Crippen LogP contribution is 2.61. The normalized spacial score (nSPS) is 10.8. The Kier molecular flexibility index (Phi) is 26.0. The number of aromatic amines is 2. The van der Waals surface area contributed by atoms with Gasteiger partial charge in [0.1, 0.15) is 70.9 Å². The van der Waals surface area contributed by atoms with E-state index in [9.17, 15) is 14.2 Å². The molecular formula is C48H59BrCl4N13O9P. The Balaban J connectivity index is 0.000000253. The number of ether oxygens (including phenoxy) is 2. The minimum atomic E-state index is -3.22. The van der Waals surface area contributed by atoms with E-state index in [1.807, 2.05) is 13.8 Å². The summed E-state index contributed by atoms with van der Waals surface area (Å²) in [4.78, 5) is 70.5. The number of nitrogens with zero attached hydrogens (tertiary/aromatic N) is 11. The maximum atomic E-state index is 11.5. The van der Waals surface area contributed by atoms with Gasteiger partial charge in [0.05, 0.1) is 48.2 Å². The quantitative estimate of drug-likeness (QED) is 0.0846. The topological polar surface area (TPSA) is 293 Å². The first kappa shape index (κ1) is 64.4. The molecule has 0 aliphatic heterocycles. The van der Waals surface area contributed by atoms with E-state index in [2.05, 4.69) is 149 Å². The highest BCUT2D eigenvalue weighted by atomic mass is 79.9. The molecule has 28 heteroatoms. The van der Waals surface area contributed by atoms with Crippen molar-refractivity contribution in [1.29, 1.82) is 0 Å². The summed E-state index contributed by atoms with van der Waals surface area (Å²) in [7, 11) is 0. The first-order valence-corrected chi connectivity index (χ1v) is 28.1. The number of hydrogen-bond acceptors (Lipinski definition) is 20. The third-order valence-corrected chi connectivity index (χ3v) is 10.6. The van der Waals surface area contributed by atoms with Crippen molar-refractivity contribution < 1.29 is 32.4 Å². The van der Waals surface area contributed by atoms with Crippen LogP contribution in [0.25, 0.3) is 33.1 Å². The van der Waals surface area contributed by atoms with Gasteiger partial charge in [-0.1, -0.05) is 26.0 Å². The van der Waals surface area contributed by atoms with Crippen molar-refractivity contribution in [2.75, 3.05) is 6.54 Å². The molecule has 0 aliphatic rings. The first-order chi connectivity index (χ1) is 35.4. The molecule has 22 nitrogen and oxygen atoms in total. The molecule has 0 amide bonds. The highest BCUT2D eigenvalue weighted by molar-refractivity contribution is 9.10. The molecule has 3 N–H and O–H groups in total. The summed E-state index contributed by atoms with van der Waals surface area (Å²) >= 11 is 23.0. The van der Waals surface area contributed by atoms with E-state index in [0.29, 0.717) is 92.1 Å². The molecule has 0 atom stereocenters. The zero-order valence-electron chi connectivity index (χ0n) is 42.6. The number of aliphatic hydroxyl groups is 1. The summed E-state index contributed by atoms with van der Waals surface area (Å²) in [6.45, 7) is 23.7. The largest absolute Gasteiger partial charge is 0.485 e. The minimum absolute atomic E-state index is 0. The zero-order valence-corrected chi connectivity index (χ0v) is 48.2. The van der Waals surface area contributed by atoms with Gasteiger partial charge in [0.25, 0.3) is 11.1 Å². The van der Waals surface area contributed by atoms with Crippen LogP contribution in [0.15, 0.2) is 83.1 Å². The van der Waals surface area contributed by atoms with Crippen molar-refractivity contribution in [3.05, 3.63) is 138 Å². The Hall–Kier alpha value is -5.91. The maximum absolute atomic E-state index is 11.5. The van der Waals surface area contributed by atoms with Crippen LogP contribution in [-0.4, -0.2) is 88.4 Å². The lowest BCUT2D eigenvalue weighted by atomic mass is 10.2. The van der Waals surface area contributed by atoms with Crippen LogP contribution >= 0.6 is 66.5 Å². The van der Waals surface area contributed by atoms with Crippen LogP contribution in [-0.2, 0) is 24.4 Å². The first-order valence-electron chi connectivity index (χ1n) is 22.6. The summed E-state index contributed by atoms with van der Waals surface area (Å²) in [5.74, 6) is 5.13. The van der Waals surface area contributed by atoms with Gasteiger partial charge in [-0.3, -0.25) is 19.1 Å². The van der Waals surface area contributed by atoms with Crippen molar-refractivity contribution in [3.63, 3.8) is 0 Å². The fourth-order valence-electron chi connectivity index (χ4n) is 6.68. The lowest BCUT2D eigenvalue weighted by Crippen LogP contribution is -2.36. The Labute approximate surface area is 465 Å². The predicted molar refractivity (Wildman–Crippen MR) is 297 cm³/mol. The highest BCUT2D eigenvalue weighted by Gasteiger charge is 2.12. The van der Waals surface area contributed by atoms with Crippen LogP contribution in [0.1, 0.15) is 94.1 Å². The van der Waals surface area contributed by atoms with Gasteiger partial charge >= 0.3 is 5.20 Å². The van der Waals surface area contributed by atoms with E-state index in [-0.39, 0.29) is 37.3 Å². The van der Waals surface area contributed by atoms with Crippen LogP contribution in [0, 0.1) is 41.5 Å². The molecule has 410 valence electrons. The van der Waals surface area contributed by atoms with E-state index in [0.717, 1.165) is 33.9 Å². The summed E-state index contributed by atoms with van der Waals surface area (Å²) < 4.78 is 37.3. The summed E-state index contributed by atoms with van der Waals surface area (Å²) in [5, 5.41) is 5.71. The van der Waals surface area contributed by atoms with Crippen LogP contribution in [0.3, 0.4) is 0 Å². The Bertz CT molecular complexity index is 3430. The second-order valence-electron chi connectivity index (χ2n) is 16.1. The molecule has 0 radical (unpaired) electrons. The molecule has 0 unspecified atom stereocenters. The average molecular weight is 1210 g/mol. The lowest BCUT2D eigenvalue weighted by Gasteiger charge is -2.28. The van der Waals surface area contributed by atoms with E-state index in [1.165, 1.54) is 25.2 Å². The number of aromatic nitrogens is 12. The number of halogens is 5. The minimum Gasteiger partial charge on any atom is -0.485 e. The van der Waals surface area contributed by atoms with Gasteiger partial charge in [-0.15, -0.1) is 0 Å². The third kappa shape index (κ3) is 20.9. The van der Waals surface area contributed by atoms with Gasteiger partial charge in [-0.05, 0) is 111 Å². The molecule has 0 saturated carbocycles. The van der Waals surface area contributed by atoms with Crippen molar-refractivity contribution in [1.82, 2.24) is 64.7 Å². The van der Waals surface area contributed by atoms with Crippen molar-refractivity contribution in [2.24, 2.45) is 0 Å². The number of aliphatic hydroxyl groups excluding tert-OH is 1. The molecule has 9 aromatic rings. The van der Waals surface area contributed by atoms with Gasteiger partial charge in [0.15, 0.2) is 33.9 Å². The number of pyridine rings is 3. The van der Waals surface area contributed by atoms with Crippen LogP contribution in [0.5, 0.6) is 11.5 Å². The number of oxazole rings is 3. The average Bonchev–Trinajstić information content (AvgIpc) is 3.98. The monoisotopic (exact) mass is 1210 g/mol. The lowest BCUT2D eigenvalue weighted by molar-refractivity contribution is 0.185. The van der Waals surface area contributed by atoms with Gasteiger partial charge < -0.3 is 37.8 Å². The van der Waals surface area contributed by atoms with Crippen molar-refractivity contribution >= 4 is 99.6 Å². The summed E-state index contributed by atoms with van der Waals surface area (Å²) in [6.07, 6.45) is 8.72. The number of fused-ring (bicyclic) bond motifs is 3. The fourth-order valence-corrected chi connectivity index (χ4v) is 7.19. The number of nitrogens with one attached hydrogen (secondary N) is 2. The van der Waals surface area contributed by atoms with Crippen molar-refractivity contribution in [2.45, 2.75) is 115 Å². The number of rotatable bonds is 10. The van der Waals surface area contributed by atoms with Gasteiger partial charge in [-0.25, -0.2) is 49.8 Å². The zero-order chi connectivity index (χ0) is 55.6. The molecular weight excluding hydrogens is 1160 g/mol. The smallest absolute Gasteiger partial charge is 0.339 e. The molecule has 0 saturated heterocycles. The van der Waals surface area contributed by atoms with Crippen LogP contribution < -0.4 is 20.6 Å². The van der Waals surface area contributed by atoms with Gasteiger partial charge in [0.2, 0.25) is 0 Å². The number of aryl methyl sites for hydroxylation is 6. The number of hydrogen-bond donors (Lipinski definition) is 3. The molecule has 9 aromatic heterocycles. The van der Waals surface area contributed by atoms with Crippen molar-refractivity contribution in [3.8, 4) is 11.5 Å². The summed E-state index contributed by atoms with van der Waals surface area (Å²) in [5.41, 5.74) is 4.56. The van der Waals surface area contributed by atoms with E-state index in [1.54, 1.807) is 58.3 Å². The number of H-pyrrole nitrogens is 2. The van der Waals surface area contributed by atoms with Gasteiger partial charge in [-0.2, -0.15) is 0 Å². The van der Waals surface area contributed by atoms with Crippen LogP contribution in [0.2, 0.25) is 5.15 Å². The molecule has 76 heavy (non-hydrogen) atoms. The second-order valence-corrected chi connectivity index (χ2v) is 24.0. The Morgan fingerprint density at radius 1 is 0.645 bits per heavy atom. The van der Waals surface area contributed by atoms with E-state index < -0.39 is 5.20 Å². The second kappa shape index (κ2) is 30.7. The molecule has 9 rings (SSSR count). The van der Waals surface area contributed by atoms with E-state index >= 15 is 0 Å². The third-order valence-electron chi connectivity index (χ3n) is 9.90. The molecule has 0 aliphatic carbocycles. The predicted octanol–water partition coefficient (Wildman–Crippen LogP) is 11.8. The Morgan fingerprint density at radius 3 is 1.41 bits per heavy atom. The van der Waals surface area contributed by atoms with Crippen LogP contribution in [0.4, 0.5) is 0 Å². The molecule has 0 aromatic carbocycles. The fraction of sp³-hybridized carbons (Fsp3) is 0.375. The molecule has 0 bridgehead atoms. The maximum Gasteiger partial charge on any atom is 0.339 e. The summed E-state index contributed by atoms with van der Waals surface area (Å²) in [6, 6.07) is 6.56. The SMILES string of the molecule is C.CCN(C(C)C)C(C)C.Cc1nc(CO)c(C)o1.Cc1nc(COc2cnc3c(=O)[nH]cnc3c2)c(C)o1.Cc1nc(COc2cnc3c(Cl)ncnc3c2)c(C)o1.O=P(Cl)(Cl)Cl.O=c1[nH]cnc2cc(Br)cnc12. The van der Waals surface area contributed by atoms with E-state index in [4.69, 9.17) is 39.4 Å². The standard InChI is InChI=1S/C13H11ClN4O2.C13H12N4O3.C8H19N.C7H4BrN3O.C6H9NO2.CH4.Cl3OP/c1-7-11(18-8(2)20-7)5-19-9-3-10-12(15-4-9)13(14)17-6-16-10;1-7-11(17-8(2)20-7)5-19-9-3-10-12(14-4-9)13(18)16-6-15-10;1-6-9(7(2)3)8(4)5;8-4-1-5-6(9-2-4)7(12)11-3-10-5;1-4-6(3-8)7-5(2)9-4;;1-5(2,3)4/h3-4,6H,5H2,1-2H3;3-4,6H,5H2,1-2H3,(H,15,16,18);7-8H,6H2,1-5H3;1-3H,(H,10,11,12);8H,3H2,1-2H3;1H4;. The molecule has 0 fully saturated rings. The molecule has 0 spiro atoms.